The monoisotopic (exact) mass is 244 g/mol. The van der Waals surface area contributed by atoms with Crippen molar-refractivity contribution in [3.05, 3.63) is 0 Å². The van der Waals surface area contributed by atoms with E-state index in [2.05, 4.69) is 10.7 Å². The summed E-state index contributed by atoms with van der Waals surface area (Å²) in [4.78, 5) is 14.7. The normalized spacial score (nSPS) is 14.4. The van der Waals surface area contributed by atoms with Crippen molar-refractivity contribution in [2.24, 2.45) is 5.90 Å². The minimum Gasteiger partial charge on any atom is -0.444 e. The number of ether oxygens (including phenoxy) is 1. The second-order valence-electron chi connectivity index (χ2n) is 4.05. The predicted octanol–water partition coefficient (Wildman–Crippen LogP) is 1.33. The summed E-state index contributed by atoms with van der Waals surface area (Å²) in [7, 11) is 0. The van der Waals surface area contributed by atoms with Crippen LogP contribution in [0.3, 0.4) is 0 Å². The average molecular weight is 244 g/mol. The Balaban J connectivity index is 4.09. The van der Waals surface area contributed by atoms with Crippen LogP contribution in [-0.2, 0) is 9.57 Å². The Labute approximate surface area is 91.0 Å². The smallest absolute Gasteiger partial charge is 0.418 e. The van der Waals surface area contributed by atoms with Gasteiger partial charge in [-0.15, -0.1) is 0 Å². The Bertz CT molecular complexity index is 238. The number of hydrogen-bond donors (Lipinski definition) is 2. The fourth-order valence-electron chi connectivity index (χ4n) is 0.731. The van der Waals surface area contributed by atoms with Crippen LogP contribution in [0.1, 0.15) is 20.8 Å². The fourth-order valence-corrected chi connectivity index (χ4v) is 0.731. The maximum absolute atomic E-state index is 12.1. The Morgan fingerprint density at radius 1 is 1.38 bits per heavy atom. The predicted molar refractivity (Wildman–Crippen MR) is 49.4 cm³/mol. The van der Waals surface area contributed by atoms with Gasteiger partial charge in [0.1, 0.15) is 5.60 Å². The lowest BCUT2D eigenvalue weighted by atomic mass is 10.2. The Morgan fingerprint density at radius 2 is 1.88 bits per heavy atom. The summed E-state index contributed by atoms with van der Waals surface area (Å²) in [5.74, 6) is 4.46. The first-order valence-corrected chi connectivity index (χ1v) is 4.45. The number of nitrogens with two attached hydrogens (primary N) is 1. The maximum atomic E-state index is 12.1. The molecule has 1 unspecified atom stereocenters. The van der Waals surface area contributed by atoms with Crippen molar-refractivity contribution in [2.45, 2.75) is 38.7 Å². The van der Waals surface area contributed by atoms with E-state index in [1.807, 2.05) is 5.32 Å². The first kappa shape index (κ1) is 15.0. The van der Waals surface area contributed by atoms with Crippen LogP contribution in [0.2, 0.25) is 0 Å². The van der Waals surface area contributed by atoms with E-state index in [9.17, 15) is 18.0 Å². The van der Waals surface area contributed by atoms with Gasteiger partial charge in [0, 0.05) is 0 Å². The number of carbonyl (C=O) groups excluding carboxylic acids is 1. The van der Waals surface area contributed by atoms with E-state index < -0.39 is 30.5 Å². The molecule has 0 bridgehead atoms. The SMILES string of the molecule is CC(C)(C)OC(=O)NCC(ON)C(F)(F)F. The number of amides is 1. The highest BCUT2D eigenvalue weighted by molar-refractivity contribution is 5.67. The quantitative estimate of drug-likeness (QED) is 0.734. The molecule has 16 heavy (non-hydrogen) atoms. The average Bonchev–Trinajstić information content (AvgIpc) is 1.98. The van der Waals surface area contributed by atoms with Gasteiger partial charge in [0.15, 0.2) is 6.10 Å². The molecule has 0 saturated carbocycles. The van der Waals surface area contributed by atoms with Crippen LogP contribution in [0.25, 0.3) is 0 Å². The minimum atomic E-state index is -4.64. The molecule has 8 heteroatoms. The van der Waals surface area contributed by atoms with Crippen LogP contribution in [0.5, 0.6) is 0 Å². The molecule has 3 N–H and O–H groups in total. The molecule has 0 aromatic heterocycles. The highest BCUT2D eigenvalue weighted by Crippen LogP contribution is 2.21. The Morgan fingerprint density at radius 3 is 2.19 bits per heavy atom. The van der Waals surface area contributed by atoms with E-state index in [1.54, 1.807) is 20.8 Å². The molecular formula is C8H15F3N2O3. The molecule has 5 nitrogen and oxygen atoms in total. The molecule has 0 aliphatic rings. The molecule has 1 atom stereocenters. The van der Waals surface area contributed by atoms with Crippen LogP contribution in [0, 0.1) is 0 Å². The van der Waals surface area contributed by atoms with Gasteiger partial charge in [0.2, 0.25) is 0 Å². The zero-order valence-corrected chi connectivity index (χ0v) is 9.22. The molecule has 0 heterocycles. The van der Waals surface area contributed by atoms with Crippen molar-refractivity contribution in [2.75, 3.05) is 6.54 Å². The van der Waals surface area contributed by atoms with Crippen LogP contribution in [-0.4, -0.2) is 30.5 Å². The van der Waals surface area contributed by atoms with Gasteiger partial charge in [-0.05, 0) is 20.8 Å². The number of alkyl carbamates (subject to hydrolysis) is 1. The van der Waals surface area contributed by atoms with E-state index in [4.69, 9.17) is 4.74 Å². The number of nitrogens with one attached hydrogen (secondary N) is 1. The molecule has 1 amide bonds. The topological polar surface area (TPSA) is 73.6 Å². The van der Waals surface area contributed by atoms with Gasteiger partial charge >= 0.3 is 12.3 Å². The molecule has 96 valence electrons. The van der Waals surface area contributed by atoms with E-state index in [0.29, 0.717) is 0 Å². The summed E-state index contributed by atoms with van der Waals surface area (Å²) >= 11 is 0. The summed E-state index contributed by atoms with van der Waals surface area (Å²) in [5, 5.41) is 1.91. The van der Waals surface area contributed by atoms with Crippen LogP contribution >= 0.6 is 0 Å². The highest BCUT2D eigenvalue weighted by atomic mass is 19.4. The third-order valence-corrected chi connectivity index (χ3v) is 1.36. The first-order chi connectivity index (χ1) is 7.06. The standard InChI is InChI=1S/C8H15F3N2O3/c1-7(2,3)15-6(14)13-4-5(16-12)8(9,10)11/h5H,4,12H2,1-3H3,(H,13,14). The van der Waals surface area contributed by atoms with Crippen molar-refractivity contribution in [1.29, 1.82) is 0 Å². The van der Waals surface area contributed by atoms with Crippen molar-refractivity contribution in [3.63, 3.8) is 0 Å². The van der Waals surface area contributed by atoms with Crippen LogP contribution < -0.4 is 11.2 Å². The van der Waals surface area contributed by atoms with Gasteiger partial charge in [-0.1, -0.05) is 0 Å². The van der Waals surface area contributed by atoms with Gasteiger partial charge in [-0.3, -0.25) is 4.84 Å². The molecule has 0 radical (unpaired) electrons. The molecule has 0 saturated heterocycles. The molecule has 0 rings (SSSR count). The van der Waals surface area contributed by atoms with E-state index >= 15 is 0 Å². The van der Waals surface area contributed by atoms with Gasteiger partial charge in [0.05, 0.1) is 6.54 Å². The summed E-state index contributed by atoms with van der Waals surface area (Å²) in [6.45, 7) is 3.97. The van der Waals surface area contributed by atoms with Gasteiger partial charge in [0.25, 0.3) is 0 Å². The van der Waals surface area contributed by atoms with Gasteiger partial charge < -0.3 is 10.1 Å². The first-order valence-electron chi connectivity index (χ1n) is 4.45. The van der Waals surface area contributed by atoms with E-state index in [1.165, 1.54) is 0 Å². The van der Waals surface area contributed by atoms with Crippen LogP contribution in [0.15, 0.2) is 0 Å². The lowest BCUT2D eigenvalue weighted by Crippen LogP contribution is -2.45. The third kappa shape index (κ3) is 6.46. The number of hydrogen-bond acceptors (Lipinski definition) is 4. The molecule has 0 aliphatic heterocycles. The zero-order valence-electron chi connectivity index (χ0n) is 9.22. The number of carbonyl (C=O) groups is 1. The van der Waals surface area contributed by atoms with Crippen molar-refractivity contribution in [3.8, 4) is 0 Å². The largest absolute Gasteiger partial charge is 0.444 e. The van der Waals surface area contributed by atoms with Crippen molar-refractivity contribution >= 4 is 6.09 Å². The zero-order chi connectivity index (χ0) is 13.0. The number of rotatable bonds is 3. The molecule has 0 fully saturated rings. The Kier molecular flexibility index (Phi) is 5.01. The van der Waals surface area contributed by atoms with E-state index in [0.717, 1.165) is 0 Å². The summed E-state index contributed by atoms with van der Waals surface area (Å²) < 4.78 is 41.1. The van der Waals surface area contributed by atoms with Crippen molar-refractivity contribution in [1.82, 2.24) is 5.32 Å². The molecule has 0 aromatic rings. The lowest BCUT2D eigenvalue weighted by molar-refractivity contribution is -0.219. The number of halogens is 3. The van der Waals surface area contributed by atoms with Gasteiger partial charge in [-0.25, -0.2) is 10.7 Å². The fraction of sp³-hybridized carbons (Fsp3) is 0.875. The number of alkyl halides is 3. The molecular weight excluding hydrogens is 229 g/mol. The summed E-state index contributed by atoms with van der Waals surface area (Å²) in [5.41, 5.74) is -0.776. The highest BCUT2D eigenvalue weighted by Gasteiger charge is 2.41. The van der Waals surface area contributed by atoms with Crippen LogP contribution in [0.4, 0.5) is 18.0 Å². The molecule has 0 aromatic carbocycles. The Hall–Kier alpha value is -1.02. The lowest BCUT2D eigenvalue weighted by Gasteiger charge is -2.22. The summed E-state index contributed by atoms with van der Waals surface area (Å²) in [6, 6.07) is 0. The van der Waals surface area contributed by atoms with Crippen molar-refractivity contribution < 1.29 is 27.5 Å². The second-order valence-corrected chi connectivity index (χ2v) is 4.05. The van der Waals surface area contributed by atoms with Gasteiger partial charge in [-0.2, -0.15) is 13.2 Å². The molecule has 0 spiro atoms. The van der Waals surface area contributed by atoms with E-state index in [-0.39, 0.29) is 0 Å². The second kappa shape index (κ2) is 5.35. The molecule has 0 aliphatic carbocycles. The minimum absolute atomic E-state index is 0.776. The maximum Gasteiger partial charge on any atom is 0.418 e. The third-order valence-electron chi connectivity index (χ3n) is 1.36. The summed E-state index contributed by atoms with van der Waals surface area (Å²) in [6.07, 6.45) is -7.84.